The molecule has 0 N–H and O–H groups in total. The molecule has 0 aliphatic heterocycles. The molecular weight excluding hydrogens is 400 g/mol. The third-order valence-electron chi connectivity index (χ3n) is 5.04. The predicted molar refractivity (Wildman–Crippen MR) is 127 cm³/mol. The smallest absolute Gasteiger partial charge is 0.226 e. The van der Waals surface area contributed by atoms with E-state index in [0.29, 0.717) is 0 Å². The lowest BCUT2D eigenvalue weighted by Gasteiger charge is -2.35. The first kappa shape index (κ1) is 26.2. The molecule has 0 fully saturated rings. The van der Waals surface area contributed by atoms with Crippen LogP contribution in [0.2, 0.25) is 12.6 Å². The highest BCUT2D eigenvalue weighted by Crippen LogP contribution is 2.14. The summed E-state index contributed by atoms with van der Waals surface area (Å²) in [6.07, 6.45) is 1.20. The van der Waals surface area contributed by atoms with Crippen molar-refractivity contribution in [2.75, 3.05) is 45.1 Å². The molecule has 0 spiro atoms. The Morgan fingerprint density at radius 3 is 2.31 bits per heavy atom. The van der Waals surface area contributed by atoms with Gasteiger partial charge in [-0.1, -0.05) is 57.7 Å². The van der Waals surface area contributed by atoms with Gasteiger partial charge in [0.15, 0.2) is 15.6 Å². The molecule has 0 bridgehead atoms. The Labute approximate surface area is 183 Å². The molecule has 0 aromatic heterocycles. The molecule has 0 heterocycles. The minimum Gasteiger partial charge on any atom is -0.485 e. The Morgan fingerprint density at radius 1 is 1.07 bits per heavy atom. The SMILES string of the molecule is CCN(CC)CC(O[SiH](C)CCCSC(=O)COc1ccccc1)N(CC)CC. The lowest BCUT2D eigenvalue weighted by molar-refractivity contribution is -0.112. The fraction of sp³-hybridized carbons (Fsp3) is 0.682. The van der Waals surface area contributed by atoms with Crippen molar-refractivity contribution in [3.63, 3.8) is 0 Å². The summed E-state index contributed by atoms with van der Waals surface area (Å²) in [5.41, 5.74) is 0. The quantitative estimate of drug-likeness (QED) is 0.219. The largest absolute Gasteiger partial charge is 0.485 e. The Bertz CT molecular complexity index is 542. The van der Waals surface area contributed by atoms with Crippen LogP contribution in [-0.4, -0.2) is 75.3 Å². The van der Waals surface area contributed by atoms with Crippen molar-refractivity contribution in [3.8, 4) is 5.75 Å². The van der Waals surface area contributed by atoms with E-state index >= 15 is 0 Å². The summed E-state index contributed by atoms with van der Waals surface area (Å²) >= 11 is 1.37. The zero-order valence-corrected chi connectivity index (χ0v) is 20.9. The Morgan fingerprint density at radius 2 is 1.72 bits per heavy atom. The van der Waals surface area contributed by atoms with Crippen molar-refractivity contribution in [1.29, 1.82) is 0 Å². The van der Waals surface area contributed by atoms with E-state index in [1.54, 1.807) is 0 Å². The van der Waals surface area contributed by atoms with Gasteiger partial charge in [-0.15, -0.1) is 0 Å². The van der Waals surface area contributed by atoms with E-state index in [2.05, 4.69) is 44.0 Å². The number of benzene rings is 1. The van der Waals surface area contributed by atoms with Crippen molar-refractivity contribution in [2.24, 2.45) is 0 Å². The molecule has 0 radical (unpaired) electrons. The summed E-state index contributed by atoms with van der Waals surface area (Å²) in [6, 6.07) is 10.6. The first-order valence-electron chi connectivity index (χ1n) is 11.0. The second-order valence-corrected chi connectivity index (χ2v) is 10.7. The average molecular weight is 441 g/mol. The van der Waals surface area contributed by atoms with Crippen LogP contribution in [-0.2, 0) is 9.22 Å². The number of rotatable bonds is 16. The zero-order valence-electron chi connectivity index (χ0n) is 18.9. The molecule has 166 valence electrons. The minimum atomic E-state index is -1.28. The van der Waals surface area contributed by atoms with Crippen molar-refractivity contribution in [1.82, 2.24) is 9.80 Å². The van der Waals surface area contributed by atoms with E-state index < -0.39 is 9.04 Å². The van der Waals surface area contributed by atoms with Crippen LogP contribution in [0.1, 0.15) is 34.1 Å². The molecule has 1 aromatic carbocycles. The summed E-state index contributed by atoms with van der Waals surface area (Å²) in [7, 11) is -1.28. The number of thioether (sulfide) groups is 1. The van der Waals surface area contributed by atoms with Crippen LogP contribution in [0.15, 0.2) is 30.3 Å². The molecule has 29 heavy (non-hydrogen) atoms. The van der Waals surface area contributed by atoms with Crippen LogP contribution in [0.4, 0.5) is 0 Å². The van der Waals surface area contributed by atoms with E-state index in [1.165, 1.54) is 11.8 Å². The molecule has 1 aromatic rings. The minimum absolute atomic E-state index is 0.0895. The Kier molecular flexibility index (Phi) is 14.4. The van der Waals surface area contributed by atoms with Crippen molar-refractivity contribution in [2.45, 2.75) is 52.9 Å². The van der Waals surface area contributed by atoms with Gasteiger partial charge < -0.3 is 9.16 Å². The van der Waals surface area contributed by atoms with Gasteiger partial charge in [-0.2, -0.15) is 0 Å². The number of carbonyl (C=O) groups is 1. The molecular formula is C22H40N2O3SSi. The number of para-hydroxylation sites is 1. The van der Waals surface area contributed by atoms with Crippen LogP contribution in [0.5, 0.6) is 5.75 Å². The van der Waals surface area contributed by atoms with Crippen LogP contribution in [0.25, 0.3) is 0 Å². The van der Waals surface area contributed by atoms with Crippen LogP contribution in [0.3, 0.4) is 0 Å². The molecule has 5 nitrogen and oxygen atoms in total. The van der Waals surface area contributed by atoms with Gasteiger partial charge in [0.1, 0.15) is 12.0 Å². The highest BCUT2D eigenvalue weighted by Gasteiger charge is 2.21. The maximum absolute atomic E-state index is 12.0. The van der Waals surface area contributed by atoms with Crippen LogP contribution < -0.4 is 4.74 Å². The lowest BCUT2D eigenvalue weighted by Crippen LogP contribution is -2.47. The second kappa shape index (κ2) is 15.9. The monoisotopic (exact) mass is 440 g/mol. The summed E-state index contributed by atoms with van der Waals surface area (Å²) < 4.78 is 12.1. The average Bonchev–Trinajstić information content (AvgIpc) is 2.74. The van der Waals surface area contributed by atoms with Crippen molar-refractivity contribution >= 4 is 25.9 Å². The molecule has 2 atom stereocenters. The van der Waals surface area contributed by atoms with Crippen molar-refractivity contribution in [3.05, 3.63) is 30.3 Å². The number of ether oxygens (including phenoxy) is 1. The summed E-state index contributed by atoms with van der Waals surface area (Å²) in [5, 5.41) is 0.0895. The number of hydrogen-bond acceptors (Lipinski definition) is 6. The predicted octanol–water partition coefficient (Wildman–Crippen LogP) is 4.10. The summed E-state index contributed by atoms with van der Waals surface area (Å²) in [6.45, 7) is 16.3. The van der Waals surface area contributed by atoms with Gasteiger partial charge in [0.2, 0.25) is 5.12 Å². The molecule has 1 rings (SSSR count). The lowest BCUT2D eigenvalue weighted by atomic mass is 10.3. The van der Waals surface area contributed by atoms with Gasteiger partial charge in [0, 0.05) is 12.3 Å². The summed E-state index contributed by atoms with van der Waals surface area (Å²) in [5.74, 6) is 1.58. The highest BCUT2D eigenvalue weighted by atomic mass is 32.2. The zero-order chi connectivity index (χ0) is 21.5. The Hall–Kier alpha value is -0.863. The molecule has 0 saturated heterocycles. The first-order valence-corrected chi connectivity index (χ1v) is 14.4. The molecule has 2 unspecified atom stereocenters. The molecule has 0 aliphatic carbocycles. The van der Waals surface area contributed by atoms with E-state index in [9.17, 15) is 4.79 Å². The van der Waals surface area contributed by atoms with Crippen LogP contribution >= 0.6 is 11.8 Å². The maximum atomic E-state index is 12.0. The van der Waals surface area contributed by atoms with E-state index in [1.807, 2.05) is 30.3 Å². The van der Waals surface area contributed by atoms with Gasteiger partial charge in [-0.25, -0.2) is 0 Å². The molecule has 0 saturated carbocycles. The molecule has 0 aliphatic rings. The molecule has 0 amide bonds. The van der Waals surface area contributed by atoms with Gasteiger partial charge in [-0.3, -0.25) is 14.6 Å². The number of hydrogen-bond donors (Lipinski definition) is 0. The summed E-state index contributed by atoms with van der Waals surface area (Å²) in [4.78, 5) is 16.9. The van der Waals surface area contributed by atoms with Gasteiger partial charge in [0.25, 0.3) is 0 Å². The van der Waals surface area contributed by atoms with E-state index in [4.69, 9.17) is 9.16 Å². The normalized spacial score (nSPS) is 13.6. The number of likely N-dealkylation sites (N-methyl/N-ethyl adjacent to an activating group) is 2. The number of nitrogens with zero attached hydrogens (tertiary/aromatic N) is 2. The highest BCUT2D eigenvalue weighted by molar-refractivity contribution is 8.13. The fourth-order valence-corrected chi connectivity index (χ4v) is 5.86. The third-order valence-corrected chi connectivity index (χ3v) is 7.97. The molecule has 7 heteroatoms. The van der Waals surface area contributed by atoms with Gasteiger partial charge in [0.05, 0.1) is 0 Å². The van der Waals surface area contributed by atoms with E-state index in [0.717, 1.165) is 56.7 Å². The number of carbonyl (C=O) groups excluding carboxylic acids is 1. The topological polar surface area (TPSA) is 42.0 Å². The van der Waals surface area contributed by atoms with Gasteiger partial charge in [-0.05, 0) is 57.3 Å². The van der Waals surface area contributed by atoms with E-state index in [-0.39, 0.29) is 18.0 Å². The Balaban J connectivity index is 2.31. The van der Waals surface area contributed by atoms with Gasteiger partial charge >= 0.3 is 0 Å². The third kappa shape index (κ3) is 11.2. The maximum Gasteiger partial charge on any atom is 0.226 e. The van der Waals surface area contributed by atoms with Crippen molar-refractivity contribution < 1.29 is 14.0 Å². The standard InChI is InChI=1S/C22H40N2O3SSi/c1-6-23(7-2)18-21(24(8-3)9-4)27-29(5)17-13-16-28-22(25)19-26-20-14-11-10-12-15-20/h10-12,14-15,21,29H,6-9,13,16-19H2,1-5H3. The first-order chi connectivity index (χ1) is 14.0. The second-order valence-electron chi connectivity index (χ2n) is 7.07. The van der Waals surface area contributed by atoms with Crippen LogP contribution in [0, 0.1) is 0 Å². The fourth-order valence-electron chi connectivity index (χ4n) is 3.17.